The highest BCUT2D eigenvalue weighted by Gasteiger charge is 2.45. The van der Waals surface area contributed by atoms with Gasteiger partial charge in [-0.25, -0.2) is 0 Å². The Hall–Kier alpha value is -2.87. The van der Waals surface area contributed by atoms with E-state index in [4.69, 9.17) is 0 Å². The molecule has 8 nitrogen and oxygen atoms in total. The number of rotatable bonds is 5. The number of aromatic nitrogens is 1. The molecule has 2 aliphatic rings. The second kappa shape index (κ2) is 8.70. The van der Waals surface area contributed by atoms with Gasteiger partial charge in [0.05, 0.1) is 11.6 Å². The molecule has 4 unspecified atom stereocenters. The maximum Gasteiger partial charge on any atom is 0.267 e. The molecule has 1 aliphatic heterocycles. The maximum atomic E-state index is 13.2. The number of unbranched alkanes of at least 4 members (excludes halogenated alkanes) is 1. The molecule has 1 aromatic carbocycles. The third-order valence-electron chi connectivity index (χ3n) is 6.60. The standard InChI is InChI=1S/C23H29N3O5/c1-2-3-12-26-16-11-7-5-9-14(16)19(27)17(23(26)31)21(29)25-18-20(28)13-8-4-6-10-15(13)24-22(18)30/h5,7,9,11,13,15,18,20,27-28H,2-4,6,8,10,12H2,1H3,(H,24,30)(H,25,29). The minimum Gasteiger partial charge on any atom is -0.506 e. The van der Waals surface area contributed by atoms with E-state index in [1.807, 2.05) is 6.92 Å². The minimum atomic E-state index is -1.17. The fourth-order valence-electron chi connectivity index (χ4n) is 4.92. The van der Waals surface area contributed by atoms with E-state index in [-0.39, 0.29) is 12.0 Å². The molecule has 4 atom stereocenters. The minimum absolute atomic E-state index is 0.0928. The second-order valence-corrected chi connectivity index (χ2v) is 8.56. The Morgan fingerprint density at radius 1 is 1.23 bits per heavy atom. The van der Waals surface area contributed by atoms with Gasteiger partial charge in [-0.1, -0.05) is 38.3 Å². The number of aromatic hydroxyl groups is 1. The van der Waals surface area contributed by atoms with E-state index in [0.29, 0.717) is 17.4 Å². The Morgan fingerprint density at radius 2 is 1.97 bits per heavy atom. The number of nitrogens with one attached hydrogen (secondary N) is 2. The van der Waals surface area contributed by atoms with Crippen molar-refractivity contribution in [3.05, 3.63) is 40.2 Å². The van der Waals surface area contributed by atoms with Gasteiger partial charge >= 0.3 is 0 Å². The van der Waals surface area contributed by atoms with Gasteiger partial charge in [0.1, 0.15) is 17.4 Å². The normalized spacial score (nSPS) is 25.7. The van der Waals surface area contributed by atoms with Crippen molar-refractivity contribution in [1.82, 2.24) is 15.2 Å². The van der Waals surface area contributed by atoms with Gasteiger partial charge in [-0.2, -0.15) is 0 Å². The first-order valence-corrected chi connectivity index (χ1v) is 11.1. The number of piperidine rings is 1. The van der Waals surface area contributed by atoms with E-state index in [1.165, 1.54) is 4.57 Å². The number of para-hydroxylation sites is 1. The number of carbonyl (C=O) groups excluding carboxylic acids is 2. The van der Waals surface area contributed by atoms with E-state index in [2.05, 4.69) is 10.6 Å². The Balaban J connectivity index is 1.69. The number of benzene rings is 1. The van der Waals surface area contributed by atoms with Crippen LogP contribution in [-0.2, 0) is 11.3 Å². The van der Waals surface area contributed by atoms with Crippen LogP contribution in [-0.4, -0.2) is 44.8 Å². The number of hydrogen-bond acceptors (Lipinski definition) is 5. The summed E-state index contributed by atoms with van der Waals surface area (Å²) < 4.78 is 1.49. The molecule has 1 aromatic heterocycles. The van der Waals surface area contributed by atoms with Crippen LogP contribution < -0.4 is 16.2 Å². The molecule has 2 fully saturated rings. The highest BCUT2D eigenvalue weighted by Crippen LogP contribution is 2.32. The van der Waals surface area contributed by atoms with Crippen LogP contribution in [0.2, 0.25) is 0 Å². The summed E-state index contributed by atoms with van der Waals surface area (Å²) in [6.07, 6.45) is 4.09. The SMILES string of the molecule is CCCCn1c(=O)c(C(=O)NC2C(=O)NC3CCCCC3C2O)c(O)c2ccccc21. The summed E-state index contributed by atoms with van der Waals surface area (Å²) in [6, 6.07) is 5.62. The van der Waals surface area contributed by atoms with Gasteiger partial charge in [-0.3, -0.25) is 14.4 Å². The number of hydrogen-bond donors (Lipinski definition) is 4. The molecule has 31 heavy (non-hydrogen) atoms. The van der Waals surface area contributed by atoms with Crippen molar-refractivity contribution in [3.8, 4) is 5.75 Å². The molecular weight excluding hydrogens is 398 g/mol. The predicted octanol–water partition coefficient (Wildman–Crippen LogP) is 1.66. The van der Waals surface area contributed by atoms with Crippen molar-refractivity contribution < 1.29 is 19.8 Å². The van der Waals surface area contributed by atoms with Crippen LogP contribution in [0.3, 0.4) is 0 Å². The van der Waals surface area contributed by atoms with Crippen LogP contribution in [0.1, 0.15) is 55.8 Å². The maximum absolute atomic E-state index is 13.2. The molecule has 0 spiro atoms. The third-order valence-corrected chi connectivity index (χ3v) is 6.60. The lowest BCUT2D eigenvalue weighted by Gasteiger charge is -2.43. The summed E-state index contributed by atoms with van der Waals surface area (Å²) in [5, 5.41) is 27.4. The molecule has 4 rings (SSSR count). The zero-order chi connectivity index (χ0) is 22.1. The van der Waals surface area contributed by atoms with Crippen molar-refractivity contribution in [3.63, 3.8) is 0 Å². The summed E-state index contributed by atoms with van der Waals surface area (Å²) >= 11 is 0. The van der Waals surface area contributed by atoms with Crippen LogP contribution >= 0.6 is 0 Å². The summed E-state index contributed by atoms with van der Waals surface area (Å²) in [5.41, 5.74) is -0.459. The number of aliphatic hydroxyl groups is 1. The van der Waals surface area contributed by atoms with Crippen molar-refractivity contribution >= 4 is 22.7 Å². The summed E-state index contributed by atoms with van der Waals surface area (Å²) in [4.78, 5) is 38.8. The number of fused-ring (bicyclic) bond motifs is 2. The first-order chi connectivity index (χ1) is 14.9. The molecule has 2 heterocycles. The monoisotopic (exact) mass is 427 g/mol. The summed E-state index contributed by atoms with van der Waals surface area (Å²) in [5.74, 6) is -1.86. The zero-order valence-electron chi connectivity index (χ0n) is 17.6. The molecule has 1 aliphatic carbocycles. The number of amides is 2. The Labute approximate surface area is 180 Å². The van der Waals surface area contributed by atoms with Gasteiger partial charge in [-0.15, -0.1) is 0 Å². The van der Waals surface area contributed by atoms with Crippen LogP contribution in [0.25, 0.3) is 10.9 Å². The molecule has 8 heteroatoms. The lowest BCUT2D eigenvalue weighted by atomic mass is 9.76. The van der Waals surface area contributed by atoms with Crippen molar-refractivity contribution in [1.29, 1.82) is 0 Å². The predicted molar refractivity (Wildman–Crippen MR) is 116 cm³/mol. The Morgan fingerprint density at radius 3 is 2.74 bits per heavy atom. The fraction of sp³-hybridized carbons (Fsp3) is 0.522. The number of carbonyl (C=O) groups is 2. The van der Waals surface area contributed by atoms with E-state index in [9.17, 15) is 24.6 Å². The largest absolute Gasteiger partial charge is 0.506 e. The fourth-order valence-corrected chi connectivity index (χ4v) is 4.92. The van der Waals surface area contributed by atoms with E-state index < -0.39 is 40.8 Å². The first kappa shape index (κ1) is 21.4. The van der Waals surface area contributed by atoms with Gasteiger partial charge < -0.3 is 25.4 Å². The summed E-state index contributed by atoms with van der Waals surface area (Å²) in [7, 11) is 0. The Bertz CT molecular complexity index is 1060. The smallest absolute Gasteiger partial charge is 0.267 e. The van der Waals surface area contributed by atoms with Crippen LogP contribution in [0, 0.1) is 5.92 Å². The first-order valence-electron chi connectivity index (χ1n) is 11.1. The average Bonchev–Trinajstić information content (AvgIpc) is 2.76. The van der Waals surface area contributed by atoms with Crippen LogP contribution in [0.5, 0.6) is 5.75 Å². The second-order valence-electron chi connectivity index (χ2n) is 8.56. The number of nitrogens with zero attached hydrogens (tertiary/aromatic N) is 1. The molecule has 4 N–H and O–H groups in total. The van der Waals surface area contributed by atoms with Crippen molar-refractivity contribution in [2.24, 2.45) is 5.92 Å². The lowest BCUT2D eigenvalue weighted by Crippen LogP contribution is -2.65. The van der Waals surface area contributed by atoms with Crippen LogP contribution in [0.15, 0.2) is 29.1 Å². The number of aryl methyl sites for hydroxylation is 1. The molecular formula is C23H29N3O5. The summed E-state index contributed by atoms with van der Waals surface area (Å²) in [6.45, 7) is 2.41. The van der Waals surface area contributed by atoms with Crippen molar-refractivity contribution in [2.45, 2.75) is 70.2 Å². The van der Waals surface area contributed by atoms with E-state index >= 15 is 0 Å². The molecule has 2 amide bonds. The molecule has 0 radical (unpaired) electrons. The third kappa shape index (κ3) is 3.80. The van der Waals surface area contributed by atoms with Gasteiger partial charge in [-0.05, 0) is 31.4 Å². The van der Waals surface area contributed by atoms with Crippen LogP contribution in [0.4, 0.5) is 0 Å². The topological polar surface area (TPSA) is 121 Å². The number of aliphatic hydroxyl groups excluding tert-OH is 1. The Kier molecular flexibility index (Phi) is 6.00. The van der Waals surface area contributed by atoms with E-state index in [0.717, 1.165) is 38.5 Å². The highest BCUT2D eigenvalue weighted by molar-refractivity contribution is 6.04. The quantitative estimate of drug-likeness (QED) is 0.578. The molecule has 1 saturated heterocycles. The zero-order valence-corrected chi connectivity index (χ0v) is 17.6. The highest BCUT2D eigenvalue weighted by atomic mass is 16.3. The molecule has 166 valence electrons. The average molecular weight is 428 g/mol. The van der Waals surface area contributed by atoms with Gasteiger partial charge in [0.15, 0.2) is 0 Å². The molecule has 0 bridgehead atoms. The molecule has 1 saturated carbocycles. The van der Waals surface area contributed by atoms with Gasteiger partial charge in [0.2, 0.25) is 5.91 Å². The van der Waals surface area contributed by atoms with Crippen molar-refractivity contribution in [2.75, 3.05) is 0 Å². The van der Waals surface area contributed by atoms with Gasteiger partial charge in [0, 0.05) is 23.9 Å². The number of pyridine rings is 1. The van der Waals surface area contributed by atoms with Gasteiger partial charge in [0.25, 0.3) is 11.5 Å². The van der Waals surface area contributed by atoms with E-state index in [1.54, 1.807) is 24.3 Å². The lowest BCUT2D eigenvalue weighted by molar-refractivity contribution is -0.133. The molecule has 2 aromatic rings.